The van der Waals surface area contributed by atoms with E-state index < -0.39 is 12.0 Å². The van der Waals surface area contributed by atoms with Gasteiger partial charge in [0, 0.05) is 19.9 Å². The smallest absolute Gasteiger partial charge is 0.326 e. The van der Waals surface area contributed by atoms with Gasteiger partial charge in [-0.3, -0.25) is 4.79 Å². The molecular formula is C17H19NO3S. The highest BCUT2D eigenvalue weighted by molar-refractivity contribution is 7.07. The Bertz CT molecular complexity index is 610. The van der Waals surface area contributed by atoms with Gasteiger partial charge in [-0.25, -0.2) is 4.79 Å². The number of rotatable bonds is 7. The van der Waals surface area contributed by atoms with Crippen LogP contribution in [0.3, 0.4) is 0 Å². The number of likely N-dealkylation sites (N-methyl/N-ethyl adjacent to an activating group) is 1. The third-order valence-electron chi connectivity index (χ3n) is 3.63. The summed E-state index contributed by atoms with van der Waals surface area (Å²) in [4.78, 5) is 25.1. The number of hydrogen-bond donors (Lipinski definition) is 1. The minimum absolute atomic E-state index is 0.144. The van der Waals surface area contributed by atoms with Gasteiger partial charge in [0.15, 0.2) is 0 Å². The largest absolute Gasteiger partial charge is 0.480 e. The number of hydrogen-bond acceptors (Lipinski definition) is 3. The molecule has 0 bridgehead atoms. The zero-order chi connectivity index (χ0) is 15.9. The number of thiophene rings is 1. The molecule has 1 atom stereocenters. The molecule has 4 nitrogen and oxygen atoms in total. The number of aryl methyl sites for hydroxylation is 1. The molecule has 0 aliphatic heterocycles. The Morgan fingerprint density at radius 1 is 1.18 bits per heavy atom. The summed E-state index contributed by atoms with van der Waals surface area (Å²) in [6, 6.07) is 10.5. The second-order valence-corrected chi connectivity index (χ2v) is 5.96. The number of benzene rings is 1. The predicted octanol–water partition coefficient (Wildman–Crippen LogP) is 2.84. The summed E-state index contributed by atoms with van der Waals surface area (Å²) in [6.07, 6.45) is 1.28. The van der Waals surface area contributed by atoms with Crippen molar-refractivity contribution in [1.82, 2.24) is 4.90 Å². The van der Waals surface area contributed by atoms with Crippen LogP contribution in [0.2, 0.25) is 0 Å². The van der Waals surface area contributed by atoms with Crippen molar-refractivity contribution in [3.63, 3.8) is 0 Å². The van der Waals surface area contributed by atoms with E-state index >= 15 is 0 Å². The van der Waals surface area contributed by atoms with E-state index in [1.807, 2.05) is 47.2 Å². The summed E-state index contributed by atoms with van der Waals surface area (Å²) in [5.41, 5.74) is 2.02. The summed E-state index contributed by atoms with van der Waals surface area (Å²) in [5, 5.41) is 13.4. The third kappa shape index (κ3) is 4.43. The van der Waals surface area contributed by atoms with E-state index in [4.69, 9.17) is 0 Å². The number of carboxylic acid groups (broad SMARTS) is 1. The van der Waals surface area contributed by atoms with E-state index in [0.717, 1.165) is 11.1 Å². The van der Waals surface area contributed by atoms with Gasteiger partial charge in [-0.05, 0) is 34.4 Å². The normalized spacial score (nSPS) is 11.9. The van der Waals surface area contributed by atoms with Crippen molar-refractivity contribution in [2.75, 3.05) is 7.05 Å². The topological polar surface area (TPSA) is 57.6 Å². The highest BCUT2D eigenvalue weighted by Crippen LogP contribution is 2.12. The molecule has 1 unspecified atom stereocenters. The molecule has 0 spiro atoms. The van der Waals surface area contributed by atoms with E-state index in [-0.39, 0.29) is 5.91 Å². The second kappa shape index (κ2) is 7.75. The van der Waals surface area contributed by atoms with Crippen LogP contribution < -0.4 is 0 Å². The number of aliphatic carboxylic acids is 1. The fraction of sp³-hybridized carbons (Fsp3) is 0.294. The van der Waals surface area contributed by atoms with Crippen molar-refractivity contribution in [3.05, 3.63) is 58.3 Å². The van der Waals surface area contributed by atoms with Crippen LogP contribution in [0.15, 0.2) is 47.2 Å². The summed E-state index contributed by atoms with van der Waals surface area (Å²) in [7, 11) is 1.57. The summed E-state index contributed by atoms with van der Waals surface area (Å²) < 4.78 is 0. The minimum Gasteiger partial charge on any atom is -0.480 e. The van der Waals surface area contributed by atoms with Gasteiger partial charge in [0.2, 0.25) is 5.91 Å². The van der Waals surface area contributed by atoms with Gasteiger partial charge < -0.3 is 10.0 Å². The molecule has 0 radical (unpaired) electrons. The van der Waals surface area contributed by atoms with Crippen molar-refractivity contribution in [2.45, 2.75) is 25.3 Å². The van der Waals surface area contributed by atoms with E-state index in [2.05, 4.69) is 0 Å². The number of amides is 1. The molecule has 0 fully saturated rings. The molecule has 5 heteroatoms. The van der Waals surface area contributed by atoms with Crippen LogP contribution in [0.4, 0.5) is 0 Å². The Balaban J connectivity index is 1.97. The Kier molecular flexibility index (Phi) is 5.72. The third-order valence-corrected chi connectivity index (χ3v) is 4.36. The Hall–Kier alpha value is -2.14. The Morgan fingerprint density at radius 2 is 1.91 bits per heavy atom. The zero-order valence-electron chi connectivity index (χ0n) is 12.4. The van der Waals surface area contributed by atoms with Crippen LogP contribution in [0, 0.1) is 0 Å². The summed E-state index contributed by atoms with van der Waals surface area (Å²) >= 11 is 1.59. The lowest BCUT2D eigenvalue weighted by atomic mass is 10.0. The molecule has 1 amide bonds. The van der Waals surface area contributed by atoms with Crippen LogP contribution in [-0.4, -0.2) is 35.0 Å². The van der Waals surface area contributed by atoms with Crippen LogP contribution in [0.5, 0.6) is 0 Å². The molecule has 22 heavy (non-hydrogen) atoms. The summed E-state index contributed by atoms with van der Waals surface area (Å²) in [5.74, 6) is -1.12. The number of carbonyl (C=O) groups excluding carboxylic acids is 1. The van der Waals surface area contributed by atoms with Crippen molar-refractivity contribution in [1.29, 1.82) is 0 Å². The number of carbonyl (C=O) groups is 2. The van der Waals surface area contributed by atoms with Crippen LogP contribution in [0.25, 0.3) is 0 Å². The predicted molar refractivity (Wildman–Crippen MR) is 87.0 cm³/mol. The highest BCUT2D eigenvalue weighted by Gasteiger charge is 2.26. The summed E-state index contributed by atoms with van der Waals surface area (Å²) in [6.45, 7) is 0. The Labute approximate surface area is 134 Å². The van der Waals surface area contributed by atoms with E-state index in [9.17, 15) is 14.7 Å². The van der Waals surface area contributed by atoms with Gasteiger partial charge in [0.1, 0.15) is 6.04 Å². The average molecular weight is 317 g/mol. The first-order valence-electron chi connectivity index (χ1n) is 7.11. The molecule has 2 aromatic rings. The zero-order valence-corrected chi connectivity index (χ0v) is 13.3. The first-order valence-corrected chi connectivity index (χ1v) is 8.05. The molecule has 116 valence electrons. The van der Waals surface area contributed by atoms with Crippen LogP contribution in [0.1, 0.15) is 17.5 Å². The SMILES string of the molecule is CN(C(=O)CCc1ccsc1)C(Cc1ccccc1)C(=O)O. The molecule has 2 rings (SSSR count). The van der Waals surface area contributed by atoms with Gasteiger partial charge >= 0.3 is 5.97 Å². The van der Waals surface area contributed by atoms with Gasteiger partial charge in [0.25, 0.3) is 0 Å². The average Bonchev–Trinajstić information content (AvgIpc) is 3.03. The van der Waals surface area contributed by atoms with Gasteiger partial charge in [-0.2, -0.15) is 11.3 Å². The Morgan fingerprint density at radius 3 is 2.50 bits per heavy atom. The molecular weight excluding hydrogens is 298 g/mol. The maximum atomic E-state index is 12.2. The lowest BCUT2D eigenvalue weighted by molar-refractivity contribution is -0.149. The lowest BCUT2D eigenvalue weighted by Crippen LogP contribution is -2.43. The molecule has 0 aliphatic rings. The van der Waals surface area contributed by atoms with Crippen LogP contribution >= 0.6 is 11.3 Å². The van der Waals surface area contributed by atoms with E-state index in [0.29, 0.717) is 19.3 Å². The maximum absolute atomic E-state index is 12.2. The van der Waals surface area contributed by atoms with E-state index in [1.54, 1.807) is 18.4 Å². The highest BCUT2D eigenvalue weighted by atomic mass is 32.1. The molecule has 1 N–H and O–H groups in total. The molecule has 1 aromatic carbocycles. The van der Waals surface area contributed by atoms with Crippen molar-refractivity contribution >= 4 is 23.2 Å². The maximum Gasteiger partial charge on any atom is 0.326 e. The molecule has 0 aliphatic carbocycles. The fourth-order valence-electron chi connectivity index (χ4n) is 2.26. The fourth-order valence-corrected chi connectivity index (χ4v) is 2.97. The van der Waals surface area contributed by atoms with Gasteiger partial charge in [-0.15, -0.1) is 0 Å². The van der Waals surface area contributed by atoms with Crippen molar-refractivity contribution in [2.24, 2.45) is 0 Å². The second-order valence-electron chi connectivity index (χ2n) is 5.18. The minimum atomic E-state index is -0.977. The lowest BCUT2D eigenvalue weighted by Gasteiger charge is -2.25. The van der Waals surface area contributed by atoms with Gasteiger partial charge in [0.05, 0.1) is 0 Å². The monoisotopic (exact) mass is 317 g/mol. The molecule has 1 aromatic heterocycles. The van der Waals surface area contributed by atoms with Crippen LogP contribution in [-0.2, 0) is 22.4 Å². The molecule has 0 saturated heterocycles. The number of carboxylic acids is 1. The quantitative estimate of drug-likeness (QED) is 0.854. The first-order chi connectivity index (χ1) is 10.6. The molecule has 0 saturated carbocycles. The number of nitrogens with zero attached hydrogens (tertiary/aromatic N) is 1. The van der Waals surface area contributed by atoms with Gasteiger partial charge in [-0.1, -0.05) is 30.3 Å². The molecule has 1 heterocycles. The van der Waals surface area contributed by atoms with Crippen molar-refractivity contribution in [3.8, 4) is 0 Å². The first kappa shape index (κ1) is 16.2. The standard InChI is InChI=1S/C17H19NO3S/c1-18(16(19)8-7-14-9-10-22-12-14)15(17(20)21)11-13-5-3-2-4-6-13/h2-6,9-10,12,15H,7-8,11H2,1H3,(H,20,21). The van der Waals surface area contributed by atoms with Crippen molar-refractivity contribution < 1.29 is 14.7 Å². The van der Waals surface area contributed by atoms with E-state index in [1.165, 1.54) is 4.90 Å².